The number of benzene rings is 2. The first-order valence-corrected chi connectivity index (χ1v) is 14.2. The largest absolute Gasteiger partial charge is 0.505 e. The summed E-state index contributed by atoms with van der Waals surface area (Å²) in [6.07, 6.45) is 10.9. The van der Waals surface area contributed by atoms with E-state index in [9.17, 15) is 8.78 Å². The van der Waals surface area contributed by atoms with Crippen LogP contribution in [0.25, 0.3) is 0 Å². The van der Waals surface area contributed by atoms with E-state index in [0.717, 1.165) is 0 Å². The molecular weight excluding hydrogens is 546 g/mol. The van der Waals surface area contributed by atoms with Gasteiger partial charge in [0.15, 0.2) is 23.1 Å². The van der Waals surface area contributed by atoms with Crippen LogP contribution in [0.5, 0.6) is 11.5 Å². The van der Waals surface area contributed by atoms with Crippen LogP contribution in [-0.2, 0) is 49.9 Å². The Hall–Kier alpha value is -2.65. The monoisotopic (exact) mass is 580 g/mol. The molecule has 0 saturated heterocycles. The minimum atomic E-state index is -0.576. The topological polar surface area (TPSA) is 40.5 Å². The minimum Gasteiger partial charge on any atom is -0.505 e. The third-order valence-electron chi connectivity index (χ3n) is 6.00. The molecule has 0 saturated carbocycles. The Balaban J connectivity index is 0.000000168. The Bertz CT molecular complexity index is 1010. The van der Waals surface area contributed by atoms with Gasteiger partial charge in [-0.2, -0.15) is 46.5 Å². The smallest absolute Gasteiger partial charge is 0.164 e. The molecule has 0 aromatic heterocycles. The molecule has 37 heavy (non-hydrogen) atoms. The molecule has 0 amide bonds. The van der Waals surface area contributed by atoms with Crippen molar-refractivity contribution in [2.75, 3.05) is 0 Å². The van der Waals surface area contributed by atoms with Crippen molar-refractivity contribution in [1.29, 1.82) is 0 Å². The van der Waals surface area contributed by atoms with Crippen molar-refractivity contribution in [2.45, 2.75) is 58.3 Å². The second kappa shape index (κ2) is 17.7. The predicted octanol–water partition coefficient (Wildman–Crippen LogP) is 7.99. The van der Waals surface area contributed by atoms with E-state index in [1.165, 1.54) is 112 Å². The quantitative estimate of drug-likeness (QED) is 0.207. The van der Waals surface area contributed by atoms with Crippen molar-refractivity contribution >= 4 is 3.71 Å². The Labute approximate surface area is 234 Å². The fraction of sp³-hybridized carbons (Fsp3) is 0.281. The standard InChI is InChI=1S/2C9H11.2C6H5FO.C2H4.Zr/c2*1-2-5-9-7-3-6-8(9)4-1;2*7-5-3-1-2-4-6(5)8;1-2;/h2*3,6-7H,1-2,4-5H2;2*1-4,8H;1H,2H3;/q2*-1;;;;+2. The summed E-state index contributed by atoms with van der Waals surface area (Å²) in [4.78, 5) is 0. The van der Waals surface area contributed by atoms with Crippen LogP contribution in [0.15, 0.2) is 84.9 Å². The van der Waals surface area contributed by atoms with Crippen LogP contribution in [0.2, 0.25) is 0 Å². The molecule has 5 heteroatoms. The molecule has 2 N–H and O–H groups in total. The van der Waals surface area contributed by atoms with Crippen LogP contribution in [0.1, 0.15) is 54.9 Å². The zero-order valence-corrected chi connectivity index (χ0v) is 23.9. The van der Waals surface area contributed by atoms with Crippen LogP contribution in [-0.4, -0.2) is 13.9 Å². The maximum atomic E-state index is 12.1. The maximum Gasteiger partial charge on any atom is 0.164 e. The Kier molecular flexibility index (Phi) is 14.7. The van der Waals surface area contributed by atoms with Gasteiger partial charge in [-0.15, -0.1) is 0 Å². The van der Waals surface area contributed by atoms with Crippen molar-refractivity contribution < 1.29 is 43.2 Å². The average molecular weight is 582 g/mol. The van der Waals surface area contributed by atoms with E-state index in [4.69, 9.17) is 10.2 Å². The average Bonchev–Trinajstić information content (AvgIpc) is 3.59. The van der Waals surface area contributed by atoms with E-state index in [-0.39, 0.29) is 11.5 Å². The molecule has 2 aliphatic carbocycles. The van der Waals surface area contributed by atoms with Gasteiger partial charge in [0, 0.05) is 0 Å². The van der Waals surface area contributed by atoms with Crippen molar-refractivity contribution in [2.24, 2.45) is 0 Å². The number of aryl methyl sites for hydroxylation is 4. The molecule has 0 spiro atoms. The van der Waals surface area contributed by atoms with Gasteiger partial charge in [0.05, 0.1) is 0 Å². The Morgan fingerprint density at radius 3 is 1.30 bits per heavy atom. The van der Waals surface area contributed by atoms with Gasteiger partial charge in [0.2, 0.25) is 0 Å². The van der Waals surface area contributed by atoms with Gasteiger partial charge in [-0.1, -0.05) is 75.6 Å². The third-order valence-corrected chi connectivity index (χ3v) is 6.00. The van der Waals surface area contributed by atoms with Gasteiger partial charge >= 0.3 is 34.9 Å². The summed E-state index contributed by atoms with van der Waals surface area (Å²) in [5.41, 5.74) is 6.39. The third kappa shape index (κ3) is 11.5. The summed E-state index contributed by atoms with van der Waals surface area (Å²) >= 11 is 1.51. The molecule has 0 unspecified atom stereocenters. The van der Waals surface area contributed by atoms with Crippen molar-refractivity contribution in [3.05, 3.63) is 119 Å². The summed E-state index contributed by atoms with van der Waals surface area (Å²) in [5, 5.41) is 17.1. The number of aromatic hydroxyl groups is 2. The molecule has 0 bridgehead atoms. The summed E-state index contributed by atoms with van der Waals surface area (Å²) in [6.45, 7) is 2.04. The first kappa shape index (κ1) is 30.6. The Morgan fingerprint density at radius 1 is 0.649 bits per heavy atom. The molecule has 4 aromatic carbocycles. The molecular formula is C32H36F2O2Zr. The summed E-state index contributed by atoms with van der Waals surface area (Å²) in [6, 6.07) is 24.6. The van der Waals surface area contributed by atoms with Crippen LogP contribution in [0, 0.1) is 11.6 Å². The summed E-state index contributed by atoms with van der Waals surface area (Å²) in [7, 11) is 0. The number of fused-ring (bicyclic) bond motifs is 2. The first-order chi connectivity index (χ1) is 18.0. The van der Waals surface area contributed by atoms with E-state index < -0.39 is 11.6 Å². The minimum absolute atomic E-state index is 0.299. The molecule has 6 rings (SSSR count). The molecule has 2 nitrogen and oxygen atoms in total. The number of halogens is 2. The summed E-state index contributed by atoms with van der Waals surface area (Å²) in [5.74, 6) is -1.75. The fourth-order valence-corrected chi connectivity index (χ4v) is 4.13. The number of phenolic OH excluding ortho intramolecular Hbond substituents is 2. The molecule has 4 aromatic rings. The summed E-state index contributed by atoms with van der Waals surface area (Å²) < 4.78 is 26.2. The zero-order valence-electron chi connectivity index (χ0n) is 21.5. The number of phenols is 2. The van der Waals surface area contributed by atoms with Crippen LogP contribution >= 0.6 is 0 Å². The number of hydrogen-bond donors (Lipinski definition) is 2. The molecule has 0 radical (unpaired) electrons. The van der Waals surface area contributed by atoms with E-state index in [1.54, 1.807) is 34.4 Å². The second-order valence-corrected chi connectivity index (χ2v) is 10.2. The number of para-hydroxylation sites is 2. The molecule has 0 aliphatic heterocycles. The normalized spacial score (nSPS) is 12.8. The first-order valence-electron chi connectivity index (χ1n) is 12.7. The molecule has 194 valence electrons. The SMILES string of the molecule is C[CH]=[Zr+2].Oc1ccccc1F.Oc1ccccc1F.c1cc2c([cH-]1)CCCC2.c1cc2c([cH-]1)CCCC2. The molecule has 2 aliphatic rings. The van der Waals surface area contributed by atoms with E-state index in [2.05, 4.69) is 40.1 Å². The fourth-order valence-electron chi connectivity index (χ4n) is 4.13. The van der Waals surface area contributed by atoms with Crippen molar-refractivity contribution in [1.82, 2.24) is 0 Å². The van der Waals surface area contributed by atoms with E-state index in [1.807, 2.05) is 6.92 Å². The van der Waals surface area contributed by atoms with E-state index in [0.29, 0.717) is 0 Å². The van der Waals surface area contributed by atoms with Gasteiger partial charge in [-0.3, -0.25) is 0 Å². The van der Waals surface area contributed by atoms with Gasteiger partial charge in [0.1, 0.15) is 0 Å². The molecule has 0 heterocycles. The van der Waals surface area contributed by atoms with Crippen LogP contribution in [0.4, 0.5) is 8.78 Å². The maximum absolute atomic E-state index is 12.1. The van der Waals surface area contributed by atoms with Gasteiger partial charge in [0.25, 0.3) is 0 Å². The molecule has 0 atom stereocenters. The molecule has 0 fully saturated rings. The zero-order chi connectivity index (χ0) is 26.9. The van der Waals surface area contributed by atoms with Crippen molar-refractivity contribution in [3.63, 3.8) is 0 Å². The van der Waals surface area contributed by atoms with Gasteiger partial charge in [-0.05, 0) is 24.3 Å². The second-order valence-electron chi connectivity index (χ2n) is 8.76. The van der Waals surface area contributed by atoms with Crippen LogP contribution in [0.3, 0.4) is 0 Å². The van der Waals surface area contributed by atoms with Gasteiger partial charge < -0.3 is 10.2 Å². The number of rotatable bonds is 0. The number of hydrogen-bond acceptors (Lipinski definition) is 2. The Morgan fingerprint density at radius 2 is 1.00 bits per heavy atom. The predicted molar refractivity (Wildman–Crippen MR) is 145 cm³/mol. The van der Waals surface area contributed by atoms with Gasteiger partial charge in [-0.25, -0.2) is 20.9 Å². The van der Waals surface area contributed by atoms with Crippen LogP contribution < -0.4 is 0 Å². The van der Waals surface area contributed by atoms with Crippen molar-refractivity contribution in [3.8, 4) is 11.5 Å². The van der Waals surface area contributed by atoms with E-state index >= 15 is 0 Å².